The molecule has 25 heavy (non-hydrogen) atoms. The molecule has 2 heterocycles. The molecule has 1 atom stereocenters. The molecule has 0 fully saturated rings. The first-order valence-corrected chi connectivity index (χ1v) is 7.36. The van der Waals surface area contributed by atoms with Crippen LogP contribution in [0.2, 0.25) is 0 Å². The Kier molecular flexibility index (Phi) is 5.55. The molecule has 9 heteroatoms. The Labute approximate surface area is 149 Å². The van der Waals surface area contributed by atoms with Gasteiger partial charge in [-0.15, -0.1) is 12.4 Å². The molecular weight excluding hydrogens is 346 g/mol. The van der Waals surface area contributed by atoms with Crippen LogP contribution in [-0.2, 0) is 10.3 Å². The summed E-state index contributed by atoms with van der Waals surface area (Å²) in [5.41, 5.74) is 6.39. The number of nitrogens with zero attached hydrogens (tertiary/aromatic N) is 2. The van der Waals surface area contributed by atoms with Crippen LogP contribution in [0.25, 0.3) is 0 Å². The maximum Gasteiger partial charge on any atom is 0.276 e. The number of anilines is 1. The van der Waals surface area contributed by atoms with E-state index in [4.69, 9.17) is 10.5 Å². The van der Waals surface area contributed by atoms with Crippen molar-refractivity contribution in [1.29, 1.82) is 0 Å². The van der Waals surface area contributed by atoms with Crippen molar-refractivity contribution >= 4 is 29.8 Å². The first kappa shape index (κ1) is 18.6. The van der Waals surface area contributed by atoms with Gasteiger partial charge in [-0.1, -0.05) is 12.1 Å². The van der Waals surface area contributed by atoms with Gasteiger partial charge in [-0.3, -0.25) is 14.6 Å². The lowest BCUT2D eigenvalue weighted by atomic mass is 9.92. The van der Waals surface area contributed by atoms with Crippen molar-refractivity contribution in [3.05, 3.63) is 58.0 Å². The Balaban J connectivity index is 0.00000225. The number of rotatable bonds is 3. The number of amidine groups is 1. The number of ether oxygens (including phenoxy) is 1. The monoisotopic (exact) mass is 363 g/mol. The number of hydrogen-bond acceptors (Lipinski definition) is 6. The number of aromatic nitrogens is 2. The zero-order chi connectivity index (χ0) is 17.2. The van der Waals surface area contributed by atoms with E-state index in [-0.39, 0.29) is 23.7 Å². The Bertz CT molecular complexity index is 846. The topological polar surface area (TPSA) is 122 Å². The van der Waals surface area contributed by atoms with Crippen molar-refractivity contribution in [2.75, 3.05) is 18.5 Å². The second-order valence-electron chi connectivity index (χ2n) is 5.71. The predicted molar refractivity (Wildman–Crippen MR) is 96.3 cm³/mol. The van der Waals surface area contributed by atoms with E-state index >= 15 is 0 Å². The molecule has 1 amide bonds. The average molecular weight is 364 g/mol. The lowest BCUT2D eigenvalue weighted by Crippen LogP contribution is -2.37. The number of hydrogen-bond donors (Lipinski definition) is 3. The lowest BCUT2D eigenvalue weighted by molar-refractivity contribution is 0.102. The summed E-state index contributed by atoms with van der Waals surface area (Å²) in [5, 5.41) is 8.67. The number of benzene rings is 1. The number of aromatic amines is 1. The third-order valence-corrected chi connectivity index (χ3v) is 3.68. The number of halogens is 1. The number of carbonyl (C=O) groups excluding carboxylic acids is 1. The molecule has 0 radical (unpaired) electrons. The minimum absolute atomic E-state index is 0. The fourth-order valence-corrected chi connectivity index (χ4v) is 2.48. The minimum atomic E-state index is -0.598. The third kappa shape index (κ3) is 4.23. The molecule has 1 aliphatic rings. The van der Waals surface area contributed by atoms with Crippen LogP contribution in [0, 0.1) is 0 Å². The van der Waals surface area contributed by atoms with Gasteiger partial charge in [-0.2, -0.15) is 5.10 Å². The summed E-state index contributed by atoms with van der Waals surface area (Å²) in [6, 6.07) is 9.90. The smallest absolute Gasteiger partial charge is 0.276 e. The third-order valence-electron chi connectivity index (χ3n) is 3.68. The standard InChI is InChI=1S/C16H17N5O3.ClH/c1-16(9-24-8-13(17)19-16)10-3-2-4-11(7-10)18-15(23)12-5-6-14(22)21-20-12;/h2-7H,8-9H2,1H3,(H2,17,19)(H,18,23)(H,21,22);1H. The van der Waals surface area contributed by atoms with Gasteiger partial charge >= 0.3 is 0 Å². The number of nitrogens with two attached hydrogens (primary N) is 1. The second-order valence-corrected chi connectivity index (χ2v) is 5.71. The first-order valence-electron chi connectivity index (χ1n) is 7.36. The van der Waals surface area contributed by atoms with Crippen LogP contribution in [0.3, 0.4) is 0 Å². The highest BCUT2D eigenvalue weighted by Crippen LogP contribution is 2.29. The normalized spacial score (nSPS) is 19.5. The molecule has 4 N–H and O–H groups in total. The summed E-state index contributed by atoms with van der Waals surface area (Å²) in [6.45, 7) is 2.65. The lowest BCUT2D eigenvalue weighted by Gasteiger charge is -2.30. The van der Waals surface area contributed by atoms with Crippen LogP contribution in [0.4, 0.5) is 5.69 Å². The van der Waals surface area contributed by atoms with Crippen LogP contribution in [0.15, 0.2) is 46.2 Å². The van der Waals surface area contributed by atoms with Crippen LogP contribution in [0.1, 0.15) is 23.0 Å². The quantitative estimate of drug-likeness (QED) is 0.752. The van der Waals surface area contributed by atoms with Crippen LogP contribution < -0.4 is 16.6 Å². The van der Waals surface area contributed by atoms with E-state index in [9.17, 15) is 9.59 Å². The van der Waals surface area contributed by atoms with Crippen LogP contribution >= 0.6 is 12.4 Å². The number of aliphatic imine (C=N–C) groups is 1. The predicted octanol–water partition coefficient (Wildman–Crippen LogP) is 1.05. The molecule has 0 spiro atoms. The fourth-order valence-electron chi connectivity index (χ4n) is 2.48. The summed E-state index contributed by atoms with van der Waals surface area (Å²) in [6.07, 6.45) is 0. The van der Waals surface area contributed by atoms with Crippen molar-refractivity contribution in [1.82, 2.24) is 10.2 Å². The summed E-state index contributed by atoms with van der Waals surface area (Å²) >= 11 is 0. The van der Waals surface area contributed by atoms with Gasteiger partial charge in [0.2, 0.25) is 0 Å². The Morgan fingerprint density at radius 1 is 1.36 bits per heavy atom. The van der Waals surface area contributed by atoms with Crippen molar-refractivity contribution in [3.8, 4) is 0 Å². The van der Waals surface area contributed by atoms with Gasteiger partial charge in [0.05, 0.1) is 6.61 Å². The molecule has 1 aromatic carbocycles. The molecule has 0 aliphatic carbocycles. The maximum atomic E-state index is 12.2. The molecule has 2 aromatic rings. The van der Waals surface area contributed by atoms with Gasteiger partial charge in [0.25, 0.3) is 11.5 Å². The molecular formula is C16H18ClN5O3. The zero-order valence-corrected chi connectivity index (χ0v) is 14.3. The van der Waals surface area contributed by atoms with Gasteiger partial charge in [-0.25, -0.2) is 5.10 Å². The molecule has 8 nitrogen and oxygen atoms in total. The van der Waals surface area contributed by atoms with E-state index < -0.39 is 11.4 Å². The highest BCUT2D eigenvalue weighted by atomic mass is 35.5. The number of amides is 1. The summed E-state index contributed by atoms with van der Waals surface area (Å²) in [4.78, 5) is 27.7. The summed E-state index contributed by atoms with van der Waals surface area (Å²) in [5.74, 6) is 0.0205. The molecule has 0 saturated heterocycles. The number of carbonyl (C=O) groups is 1. The van der Waals surface area contributed by atoms with Crippen molar-refractivity contribution in [3.63, 3.8) is 0 Å². The van der Waals surface area contributed by atoms with E-state index in [1.807, 2.05) is 25.1 Å². The van der Waals surface area contributed by atoms with Crippen LogP contribution in [-0.4, -0.2) is 35.2 Å². The Morgan fingerprint density at radius 2 is 2.16 bits per heavy atom. The van der Waals surface area contributed by atoms with Gasteiger partial charge in [0, 0.05) is 11.8 Å². The molecule has 1 unspecified atom stereocenters. The minimum Gasteiger partial charge on any atom is -0.386 e. The molecule has 0 saturated carbocycles. The van der Waals surface area contributed by atoms with Crippen molar-refractivity contribution in [2.45, 2.75) is 12.5 Å². The van der Waals surface area contributed by atoms with Gasteiger partial charge < -0.3 is 15.8 Å². The fraction of sp³-hybridized carbons (Fsp3) is 0.250. The molecule has 1 aliphatic heterocycles. The van der Waals surface area contributed by atoms with E-state index in [2.05, 4.69) is 20.5 Å². The first-order chi connectivity index (χ1) is 11.5. The summed E-state index contributed by atoms with van der Waals surface area (Å²) in [7, 11) is 0. The van der Waals surface area contributed by atoms with Gasteiger partial charge in [0.15, 0.2) is 0 Å². The second kappa shape index (κ2) is 7.45. The zero-order valence-electron chi connectivity index (χ0n) is 13.5. The summed E-state index contributed by atoms with van der Waals surface area (Å²) < 4.78 is 5.47. The number of H-pyrrole nitrogens is 1. The van der Waals surface area contributed by atoms with Gasteiger partial charge in [-0.05, 0) is 30.7 Å². The molecule has 132 valence electrons. The van der Waals surface area contributed by atoms with E-state index in [0.717, 1.165) is 5.56 Å². The largest absolute Gasteiger partial charge is 0.386 e. The van der Waals surface area contributed by atoms with E-state index in [1.54, 1.807) is 6.07 Å². The van der Waals surface area contributed by atoms with Crippen molar-refractivity contribution < 1.29 is 9.53 Å². The molecule has 1 aromatic heterocycles. The number of nitrogens with one attached hydrogen (secondary N) is 2. The highest BCUT2D eigenvalue weighted by Gasteiger charge is 2.30. The SMILES string of the molecule is CC1(c2cccc(NC(=O)c3ccc(=O)[nH]n3)c2)COCC(N)=N1.Cl. The molecule has 3 rings (SSSR count). The van der Waals surface area contributed by atoms with E-state index in [1.165, 1.54) is 12.1 Å². The Morgan fingerprint density at radius 3 is 2.84 bits per heavy atom. The highest BCUT2D eigenvalue weighted by molar-refractivity contribution is 6.02. The maximum absolute atomic E-state index is 12.2. The van der Waals surface area contributed by atoms with Crippen molar-refractivity contribution in [2.24, 2.45) is 10.7 Å². The van der Waals surface area contributed by atoms with Crippen LogP contribution in [0.5, 0.6) is 0 Å². The molecule has 0 bridgehead atoms. The average Bonchev–Trinajstić information content (AvgIpc) is 2.55. The van der Waals surface area contributed by atoms with Gasteiger partial charge in [0.1, 0.15) is 23.7 Å². The Hall–Kier alpha value is -2.71. The van der Waals surface area contributed by atoms with E-state index in [0.29, 0.717) is 24.7 Å².